The lowest BCUT2D eigenvalue weighted by atomic mass is 9.89. The van der Waals surface area contributed by atoms with E-state index in [1.165, 1.54) is 48.6 Å². The van der Waals surface area contributed by atoms with Gasteiger partial charge in [-0.05, 0) is 37.8 Å². The number of fused-ring (bicyclic) bond motifs is 3. The number of carbonyl (C=O) groups excluding carboxylic acids is 1. The minimum Gasteiger partial charge on any atom is -0.355 e. The third kappa shape index (κ3) is 3.53. The van der Waals surface area contributed by atoms with Crippen LogP contribution in [0.1, 0.15) is 39.0 Å². The Morgan fingerprint density at radius 2 is 2.12 bits per heavy atom. The summed E-state index contributed by atoms with van der Waals surface area (Å²) in [4.78, 5) is 13.3. The van der Waals surface area contributed by atoms with Crippen LogP contribution in [0.5, 0.6) is 0 Å². The van der Waals surface area contributed by atoms with Gasteiger partial charge in [0.15, 0.2) is 5.16 Å². The van der Waals surface area contributed by atoms with Gasteiger partial charge in [0.05, 0.1) is 15.5 Å². The van der Waals surface area contributed by atoms with Crippen LogP contribution in [0.25, 0.3) is 15.2 Å². The number of thiazole rings is 1. The van der Waals surface area contributed by atoms with Crippen molar-refractivity contribution in [2.75, 3.05) is 6.54 Å². The van der Waals surface area contributed by atoms with Crippen molar-refractivity contribution in [1.82, 2.24) is 19.9 Å². The summed E-state index contributed by atoms with van der Waals surface area (Å²) < 4.78 is 3.24. The number of thioether (sulfide) groups is 1. The molecular formula is C18H22N4OS2. The highest BCUT2D eigenvalue weighted by molar-refractivity contribution is 8.00. The van der Waals surface area contributed by atoms with Crippen LogP contribution < -0.4 is 5.32 Å². The van der Waals surface area contributed by atoms with Crippen LogP contribution in [0, 0.1) is 5.92 Å². The van der Waals surface area contributed by atoms with Crippen LogP contribution in [-0.4, -0.2) is 32.3 Å². The average Bonchev–Trinajstić information content (AvgIpc) is 3.20. The van der Waals surface area contributed by atoms with Crippen LogP contribution in [0.2, 0.25) is 0 Å². The molecule has 132 valence electrons. The van der Waals surface area contributed by atoms with Gasteiger partial charge in [-0.25, -0.2) is 0 Å². The Balaban J connectivity index is 1.44. The molecule has 1 fully saturated rings. The Morgan fingerprint density at radius 1 is 1.32 bits per heavy atom. The topological polar surface area (TPSA) is 59.3 Å². The molecule has 1 N–H and O–H groups in total. The SMILES string of the molecule is CC(Sc1nnc2sc3ccccc3n12)C(=O)NCC1CCCCC1. The zero-order valence-corrected chi connectivity index (χ0v) is 15.9. The van der Waals surface area contributed by atoms with Crippen molar-refractivity contribution in [2.24, 2.45) is 5.92 Å². The van der Waals surface area contributed by atoms with E-state index in [1.54, 1.807) is 11.3 Å². The first-order valence-electron chi connectivity index (χ1n) is 8.89. The van der Waals surface area contributed by atoms with E-state index in [0.29, 0.717) is 5.92 Å². The van der Waals surface area contributed by atoms with E-state index in [4.69, 9.17) is 0 Å². The molecule has 1 atom stereocenters. The van der Waals surface area contributed by atoms with Crippen LogP contribution in [0.3, 0.4) is 0 Å². The fraction of sp³-hybridized carbons (Fsp3) is 0.500. The van der Waals surface area contributed by atoms with Gasteiger partial charge in [0.25, 0.3) is 0 Å². The van der Waals surface area contributed by atoms with Gasteiger partial charge < -0.3 is 5.32 Å². The van der Waals surface area contributed by atoms with Gasteiger partial charge in [-0.15, -0.1) is 10.2 Å². The second-order valence-corrected chi connectivity index (χ2v) is 9.00. The first-order chi connectivity index (χ1) is 12.2. The fourth-order valence-corrected chi connectivity index (χ4v) is 5.33. The molecule has 1 aromatic carbocycles. The van der Waals surface area contributed by atoms with Gasteiger partial charge in [-0.2, -0.15) is 0 Å². The molecule has 0 aliphatic heterocycles. The quantitative estimate of drug-likeness (QED) is 0.683. The normalized spacial score (nSPS) is 17.2. The first kappa shape index (κ1) is 16.8. The number of carbonyl (C=O) groups is 1. The van der Waals surface area contributed by atoms with E-state index < -0.39 is 0 Å². The minimum absolute atomic E-state index is 0.0897. The number of amides is 1. The second-order valence-electron chi connectivity index (χ2n) is 6.68. The van der Waals surface area contributed by atoms with Crippen LogP contribution in [0.15, 0.2) is 29.4 Å². The van der Waals surface area contributed by atoms with Gasteiger partial charge in [-0.1, -0.05) is 54.5 Å². The van der Waals surface area contributed by atoms with Crippen LogP contribution >= 0.6 is 23.1 Å². The summed E-state index contributed by atoms with van der Waals surface area (Å²) in [6.45, 7) is 2.75. The van der Waals surface area contributed by atoms with Crippen molar-refractivity contribution in [3.63, 3.8) is 0 Å². The molecule has 2 aromatic heterocycles. The standard InChI is InChI=1S/C18H22N4OS2/c1-12(16(23)19-11-13-7-3-2-4-8-13)24-17-20-21-18-22(17)14-9-5-6-10-15(14)25-18/h5-6,9-10,12-13H,2-4,7-8,11H2,1H3,(H,19,23). The molecule has 1 aliphatic rings. The summed E-state index contributed by atoms with van der Waals surface area (Å²) >= 11 is 3.10. The number of nitrogens with zero attached hydrogens (tertiary/aromatic N) is 3. The summed E-state index contributed by atoms with van der Waals surface area (Å²) in [5.41, 5.74) is 1.10. The number of para-hydroxylation sites is 1. The molecule has 7 heteroatoms. The van der Waals surface area contributed by atoms with Crippen LogP contribution in [0.4, 0.5) is 0 Å². The van der Waals surface area contributed by atoms with Gasteiger partial charge in [0, 0.05) is 6.54 Å². The largest absolute Gasteiger partial charge is 0.355 e. The molecule has 5 nitrogen and oxygen atoms in total. The number of nitrogens with one attached hydrogen (secondary N) is 1. The Bertz CT molecular complexity index is 882. The third-order valence-electron chi connectivity index (χ3n) is 4.85. The number of hydrogen-bond acceptors (Lipinski definition) is 5. The van der Waals surface area contributed by atoms with E-state index >= 15 is 0 Å². The van der Waals surface area contributed by atoms with Crippen molar-refractivity contribution in [2.45, 2.75) is 49.4 Å². The lowest BCUT2D eigenvalue weighted by Crippen LogP contribution is -2.35. The molecule has 2 heterocycles. The van der Waals surface area contributed by atoms with E-state index in [0.717, 1.165) is 22.2 Å². The second kappa shape index (κ2) is 7.33. The lowest BCUT2D eigenvalue weighted by molar-refractivity contribution is -0.120. The predicted molar refractivity (Wildman–Crippen MR) is 103 cm³/mol. The highest BCUT2D eigenvalue weighted by Crippen LogP contribution is 2.31. The van der Waals surface area contributed by atoms with E-state index in [2.05, 4.69) is 32.0 Å². The summed E-state index contributed by atoms with van der Waals surface area (Å²) in [6.07, 6.45) is 6.43. The Kier molecular flexibility index (Phi) is 4.94. The highest BCUT2D eigenvalue weighted by atomic mass is 32.2. The molecule has 1 amide bonds. The zero-order chi connectivity index (χ0) is 17.2. The van der Waals surface area contributed by atoms with Crippen molar-refractivity contribution in [3.05, 3.63) is 24.3 Å². The molecule has 0 saturated heterocycles. The summed E-state index contributed by atoms with van der Waals surface area (Å²) in [6, 6.07) is 8.20. The third-order valence-corrected chi connectivity index (χ3v) is 6.91. The fourth-order valence-electron chi connectivity index (χ4n) is 3.42. The lowest BCUT2D eigenvalue weighted by Gasteiger charge is -2.22. The molecule has 1 unspecified atom stereocenters. The number of aromatic nitrogens is 3. The minimum atomic E-state index is -0.186. The number of hydrogen-bond donors (Lipinski definition) is 1. The monoisotopic (exact) mass is 374 g/mol. The molecule has 25 heavy (non-hydrogen) atoms. The molecule has 1 saturated carbocycles. The average molecular weight is 375 g/mol. The highest BCUT2D eigenvalue weighted by Gasteiger charge is 2.21. The maximum Gasteiger partial charge on any atom is 0.233 e. The Hall–Kier alpha value is -1.60. The number of rotatable bonds is 5. The molecular weight excluding hydrogens is 352 g/mol. The summed E-state index contributed by atoms with van der Waals surface area (Å²) in [5.74, 6) is 0.738. The predicted octanol–water partition coefficient (Wildman–Crippen LogP) is 4.12. The smallest absolute Gasteiger partial charge is 0.233 e. The van der Waals surface area contributed by atoms with Crippen molar-refractivity contribution in [3.8, 4) is 0 Å². The zero-order valence-electron chi connectivity index (χ0n) is 14.3. The van der Waals surface area contributed by atoms with E-state index in [9.17, 15) is 4.79 Å². The van der Waals surface area contributed by atoms with Crippen molar-refractivity contribution >= 4 is 44.2 Å². The van der Waals surface area contributed by atoms with Gasteiger partial charge in [-0.3, -0.25) is 9.20 Å². The van der Waals surface area contributed by atoms with Crippen LogP contribution in [-0.2, 0) is 4.79 Å². The van der Waals surface area contributed by atoms with Gasteiger partial charge in [0.1, 0.15) is 0 Å². The summed E-state index contributed by atoms with van der Waals surface area (Å²) in [5, 5.41) is 12.3. The number of benzene rings is 1. The van der Waals surface area contributed by atoms with Crippen molar-refractivity contribution in [1.29, 1.82) is 0 Å². The molecule has 0 radical (unpaired) electrons. The molecule has 0 bridgehead atoms. The molecule has 0 spiro atoms. The molecule has 1 aliphatic carbocycles. The first-order valence-corrected chi connectivity index (χ1v) is 10.6. The van der Waals surface area contributed by atoms with E-state index in [1.807, 2.05) is 19.1 Å². The maximum atomic E-state index is 12.5. The van der Waals surface area contributed by atoms with Gasteiger partial charge in [0.2, 0.25) is 10.9 Å². The van der Waals surface area contributed by atoms with E-state index in [-0.39, 0.29) is 11.2 Å². The maximum absolute atomic E-state index is 12.5. The Morgan fingerprint density at radius 3 is 2.96 bits per heavy atom. The Labute approximate surface area is 155 Å². The molecule has 3 aromatic rings. The summed E-state index contributed by atoms with van der Waals surface area (Å²) in [7, 11) is 0. The molecule has 4 rings (SSSR count). The van der Waals surface area contributed by atoms with Gasteiger partial charge >= 0.3 is 0 Å². The van der Waals surface area contributed by atoms with Crippen molar-refractivity contribution < 1.29 is 4.79 Å².